The molecule has 5 unspecified atom stereocenters. The van der Waals surface area contributed by atoms with Crippen LogP contribution in [0.25, 0.3) is 0 Å². The standard InChI is InChI=1S/C18H22BrNO/c1-10-5-6-16(19)15(7-10)18(21)20-17-9-11-8-14(17)13-4-2-3-12(11)13/h5-7,11-14,17H,2-4,8-9H2,1H3,(H,20,21). The molecule has 1 aromatic carbocycles. The van der Waals surface area contributed by atoms with Crippen LogP contribution >= 0.6 is 15.9 Å². The molecule has 2 bridgehead atoms. The third-order valence-corrected chi connectivity index (χ3v) is 6.80. The van der Waals surface area contributed by atoms with Gasteiger partial charge in [0.2, 0.25) is 0 Å². The van der Waals surface area contributed by atoms with Crippen molar-refractivity contribution < 1.29 is 4.79 Å². The van der Waals surface area contributed by atoms with Gasteiger partial charge in [0.05, 0.1) is 5.56 Å². The molecule has 112 valence electrons. The number of amides is 1. The number of aryl methyl sites for hydroxylation is 1. The van der Waals surface area contributed by atoms with Gasteiger partial charge in [-0.3, -0.25) is 4.79 Å². The summed E-state index contributed by atoms with van der Waals surface area (Å²) in [4.78, 5) is 12.6. The molecule has 0 aromatic heterocycles. The summed E-state index contributed by atoms with van der Waals surface area (Å²) in [5.41, 5.74) is 1.91. The molecule has 3 saturated carbocycles. The van der Waals surface area contributed by atoms with Crippen LogP contribution in [0.3, 0.4) is 0 Å². The highest BCUT2D eigenvalue weighted by Gasteiger charge is 2.54. The molecule has 3 heteroatoms. The van der Waals surface area contributed by atoms with Crippen LogP contribution in [0.1, 0.15) is 48.0 Å². The van der Waals surface area contributed by atoms with Crippen LogP contribution in [0.5, 0.6) is 0 Å². The van der Waals surface area contributed by atoms with Gasteiger partial charge in [-0.15, -0.1) is 0 Å². The average molecular weight is 348 g/mol. The molecular formula is C18H22BrNO. The maximum atomic E-state index is 12.6. The number of nitrogens with one attached hydrogen (secondary N) is 1. The van der Waals surface area contributed by atoms with E-state index >= 15 is 0 Å². The van der Waals surface area contributed by atoms with Gasteiger partial charge in [0, 0.05) is 10.5 Å². The molecule has 3 aliphatic rings. The fourth-order valence-electron chi connectivity index (χ4n) is 5.29. The summed E-state index contributed by atoms with van der Waals surface area (Å²) < 4.78 is 0.896. The van der Waals surface area contributed by atoms with Crippen molar-refractivity contribution in [1.29, 1.82) is 0 Å². The Bertz CT molecular complexity index is 585. The van der Waals surface area contributed by atoms with Gasteiger partial charge in [0.25, 0.3) is 5.91 Å². The highest BCUT2D eigenvalue weighted by molar-refractivity contribution is 9.10. The molecule has 0 heterocycles. The second-order valence-corrected chi connectivity index (χ2v) is 8.07. The van der Waals surface area contributed by atoms with E-state index < -0.39 is 0 Å². The summed E-state index contributed by atoms with van der Waals surface area (Å²) in [6.07, 6.45) is 6.81. The summed E-state index contributed by atoms with van der Waals surface area (Å²) in [5, 5.41) is 3.34. The zero-order chi connectivity index (χ0) is 14.6. The minimum atomic E-state index is 0.0951. The lowest BCUT2D eigenvalue weighted by Gasteiger charge is -2.32. The Morgan fingerprint density at radius 3 is 2.86 bits per heavy atom. The number of hydrogen-bond acceptors (Lipinski definition) is 1. The number of rotatable bonds is 2. The maximum absolute atomic E-state index is 12.6. The fourth-order valence-corrected chi connectivity index (χ4v) is 5.72. The first-order valence-corrected chi connectivity index (χ1v) is 9.00. The Labute approximate surface area is 134 Å². The summed E-state index contributed by atoms with van der Waals surface area (Å²) >= 11 is 3.51. The van der Waals surface area contributed by atoms with E-state index in [1.807, 2.05) is 25.1 Å². The van der Waals surface area contributed by atoms with Crippen molar-refractivity contribution in [3.63, 3.8) is 0 Å². The Morgan fingerprint density at radius 1 is 1.19 bits per heavy atom. The Balaban J connectivity index is 1.50. The number of halogens is 1. The van der Waals surface area contributed by atoms with Gasteiger partial charge in [-0.25, -0.2) is 0 Å². The van der Waals surface area contributed by atoms with Crippen molar-refractivity contribution in [2.45, 2.75) is 45.1 Å². The molecule has 2 nitrogen and oxygen atoms in total. The predicted octanol–water partition coefficient (Wildman–Crippen LogP) is 4.31. The molecule has 1 amide bonds. The summed E-state index contributed by atoms with van der Waals surface area (Å²) in [7, 11) is 0. The molecule has 0 aliphatic heterocycles. The maximum Gasteiger partial charge on any atom is 0.252 e. The van der Waals surface area contributed by atoms with Crippen molar-refractivity contribution in [3.8, 4) is 0 Å². The first-order valence-electron chi connectivity index (χ1n) is 8.20. The normalized spacial score (nSPS) is 36.8. The van der Waals surface area contributed by atoms with E-state index in [4.69, 9.17) is 0 Å². The van der Waals surface area contributed by atoms with Crippen LogP contribution in [-0.4, -0.2) is 11.9 Å². The molecule has 3 aliphatic carbocycles. The van der Waals surface area contributed by atoms with E-state index in [-0.39, 0.29) is 5.91 Å². The number of benzene rings is 1. The molecule has 0 spiro atoms. The molecule has 0 radical (unpaired) electrons. The molecule has 21 heavy (non-hydrogen) atoms. The minimum Gasteiger partial charge on any atom is -0.349 e. The van der Waals surface area contributed by atoms with E-state index in [1.54, 1.807) is 0 Å². The Kier molecular flexibility index (Phi) is 3.36. The SMILES string of the molecule is Cc1ccc(Br)c(C(=O)NC2CC3CC2C2CCCC32)c1. The predicted molar refractivity (Wildman–Crippen MR) is 87.2 cm³/mol. The van der Waals surface area contributed by atoms with Crippen molar-refractivity contribution >= 4 is 21.8 Å². The second kappa shape index (κ2) is 5.12. The van der Waals surface area contributed by atoms with Crippen molar-refractivity contribution in [1.82, 2.24) is 5.32 Å². The first-order chi connectivity index (χ1) is 10.1. The molecule has 4 rings (SSSR count). The number of hydrogen-bond donors (Lipinski definition) is 1. The molecule has 0 saturated heterocycles. The monoisotopic (exact) mass is 347 g/mol. The van der Waals surface area contributed by atoms with Gasteiger partial charge in [-0.1, -0.05) is 18.1 Å². The van der Waals surface area contributed by atoms with Crippen LogP contribution in [0.4, 0.5) is 0 Å². The van der Waals surface area contributed by atoms with Gasteiger partial charge in [-0.05, 0) is 84.3 Å². The van der Waals surface area contributed by atoms with E-state index in [0.717, 1.165) is 39.3 Å². The second-order valence-electron chi connectivity index (χ2n) is 7.22. The topological polar surface area (TPSA) is 29.1 Å². The van der Waals surface area contributed by atoms with Gasteiger partial charge in [-0.2, -0.15) is 0 Å². The number of fused-ring (bicyclic) bond motifs is 5. The van der Waals surface area contributed by atoms with E-state index in [1.165, 1.54) is 32.1 Å². The molecule has 3 fully saturated rings. The summed E-state index contributed by atoms with van der Waals surface area (Å²) in [5.74, 6) is 3.60. The third kappa shape index (κ3) is 2.25. The van der Waals surface area contributed by atoms with Gasteiger partial charge in [0.1, 0.15) is 0 Å². The fraction of sp³-hybridized carbons (Fsp3) is 0.611. The quantitative estimate of drug-likeness (QED) is 0.848. The number of carbonyl (C=O) groups is 1. The summed E-state index contributed by atoms with van der Waals surface area (Å²) in [6.45, 7) is 2.03. The van der Waals surface area contributed by atoms with Gasteiger partial charge < -0.3 is 5.32 Å². The van der Waals surface area contributed by atoms with Crippen molar-refractivity contribution in [2.24, 2.45) is 23.7 Å². The minimum absolute atomic E-state index is 0.0951. The zero-order valence-electron chi connectivity index (χ0n) is 12.4. The smallest absolute Gasteiger partial charge is 0.252 e. The largest absolute Gasteiger partial charge is 0.349 e. The van der Waals surface area contributed by atoms with Gasteiger partial charge >= 0.3 is 0 Å². The lowest BCUT2D eigenvalue weighted by atomic mass is 9.79. The lowest BCUT2D eigenvalue weighted by Crippen LogP contribution is -2.42. The van der Waals surface area contributed by atoms with Crippen LogP contribution in [0.15, 0.2) is 22.7 Å². The summed E-state index contributed by atoms with van der Waals surface area (Å²) in [6, 6.07) is 6.39. The Hall–Kier alpha value is -0.830. The molecule has 1 N–H and O–H groups in total. The van der Waals surface area contributed by atoms with E-state index in [2.05, 4.69) is 21.2 Å². The molecular weight excluding hydrogens is 326 g/mol. The first kappa shape index (κ1) is 13.8. The van der Waals surface area contributed by atoms with Gasteiger partial charge in [0.15, 0.2) is 0 Å². The van der Waals surface area contributed by atoms with Crippen molar-refractivity contribution in [3.05, 3.63) is 33.8 Å². The lowest BCUT2D eigenvalue weighted by molar-refractivity contribution is 0.0900. The molecule has 5 atom stereocenters. The third-order valence-electron chi connectivity index (χ3n) is 6.11. The molecule has 1 aromatic rings. The Morgan fingerprint density at radius 2 is 2.00 bits per heavy atom. The number of carbonyl (C=O) groups excluding carboxylic acids is 1. The van der Waals surface area contributed by atoms with Crippen molar-refractivity contribution in [2.75, 3.05) is 0 Å². The van der Waals surface area contributed by atoms with E-state index in [0.29, 0.717) is 6.04 Å². The van der Waals surface area contributed by atoms with Crippen LogP contribution in [0.2, 0.25) is 0 Å². The van der Waals surface area contributed by atoms with Crippen LogP contribution < -0.4 is 5.32 Å². The van der Waals surface area contributed by atoms with Crippen LogP contribution in [0, 0.1) is 30.6 Å². The highest BCUT2D eigenvalue weighted by Crippen LogP contribution is 2.58. The van der Waals surface area contributed by atoms with E-state index in [9.17, 15) is 4.79 Å². The van der Waals surface area contributed by atoms with Crippen LogP contribution in [-0.2, 0) is 0 Å². The highest BCUT2D eigenvalue weighted by atomic mass is 79.9. The zero-order valence-corrected chi connectivity index (χ0v) is 14.0. The average Bonchev–Trinajstić information content (AvgIpc) is 3.13.